The third-order valence-corrected chi connectivity index (χ3v) is 12.9. The number of esters is 1. The summed E-state index contributed by atoms with van der Waals surface area (Å²) in [5.41, 5.74) is 2.26. The highest BCUT2D eigenvalue weighted by Crippen LogP contribution is 2.42. The average Bonchev–Trinajstić information content (AvgIpc) is 2.74. The first-order chi connectivity index (χ1) is 15.6. The lowest BCUT2D eigenvalue weighted by molar-refractivity contribution is -0.0233. The highest BCUT2D eigenvalue weighted by molar-refractivity contribution is 6.77. The van der Waals surface area contributed by atoms with Gasteiger partial charge in [0.05, 0.1) is 17.8 Å². The summed E-state index contributed by atoms with van der Waals surface area (Å²) < 4.78 is 18.9. The summed E-state index contributed by atoms with van der Waals surface area (Å²) in [6.45, 7) is 20.7. The van der Waals surface area contributed by atoms with Gasteiger partial charge in [-0.2, -0.15) is 0 Å². The van der Waals surface area contributed by atoms with E-state index in [4.69, 9.17) is 13.9 Å². The number of ether oxygens (including phenoxy) is 2. The monoisotopic (exact) mass is 472 g/mol. The van der Waals surface area contributed by atoms with Crippen molar-refractivity contribution in [3.63, 3.8) is 0 Å². The predicted molar refractivity (Wildman–Crippen MR) is 139 cm³/mol. The fraction of sp³-hybridized carbons (Fsp3) is 0.607. The maximum Gasteiger partial charge on any atom is 0.343 e. The quantitative estimate of drug-likeness (QED) is 0.178. The van der Waals surface area contributed by atoms with Gasteiger partial charge in [-0.1, -0.05) is 72.7 Å². The second kappa shape index (κ2) is 12.7. The molecule has 0 radical (unpaired) electrons. The van der Waals surface area contributed by atoms with Gasteiger partial charge in [0.2, 0.25) is 0 Å². The average molecular weight is 473 g/mol. The lowest BCUT2D eigenvalue weighted by Crippen LogP contribution is -2.48. The van der Waals surface area contributed by atoms with Crippen LogP contribution in [0.3, 0.4) is 0 Å². The van der Waals surface area contributed by atoms with Crippen molar-refractivity contribution in [3.05, 3.63) is 60.4 Å². The molecule has 1 aromatic carbocycles. The molecule has 0 unspecified atom stereocenters. The number of hydrogen-bond donors (Lipinski definition) is 0. The minimum atomic E-state index is -1.89. The van der Waals surface area contributed by atoms with Crippen molar-refractivity contribution in [3.8, 4) is 0 Å². The third-order valence-electron chi connectivity index (χ3n) is 6.79. The summed E-state index contributed by atoms with van der Waals surface area (Å²) in [6.07, 6.45) is 5.80. The van der Waals surface area contributed by atoms with E-state index in [1.165, 1.54) is 0 Å². The molecule has 1 aliphatic rings. The Morgan fingerprint density at radius 3 is 2.24 bits per heavy atom. The zero-order valence-electron chi connectivity index (χ0n) is 21.7. The summed E-state index contributed by atoms with van der Waals surface area (Å²) in [4.78, 5) is 12.6. The van der Waals surface area contributed by atoms with Crippen molar-refractivity contribution in [2.24, 2.45) is 5.92 Å². The SMILES string of the molecule is C=CC[C@H]1C=C(OC(=O)c2ccccc2)C[C@@H](C[C@@H](C)CO[Si](C(C)C)(C(C)C)C(C)C)O1. The van der Waals surface area contributed by atoms with Crippen molar-refractivity contribution in [2.45, 2.75) is 96.6 Å². The van der Waals surface area contributed by atoms with Gasteiger partial charge in [-0.05, 0) is 53.6 Å². The molecule has 5 heteroatoms. The maximum atomic E-state index is 12.6. The molecule has 184 valence electrons. The summed E-state index contributed by atoms with van der Waals surface area (Å²) in [6, 6.07) is 9.12. The Morgan fingerprint density at radius 2 is 1.70 bits per heavy atom. The van der Waals surface area contributed by atoms with E-state index in [-0.39, 0.29) is 18.2 Å². The fourth-order valence-electron chi connectivity index (χ4n) is 5.39. The second-order valence-corrected chi connectivity index (χ2v) is 15.8. The third kappa shape index (κ3) is 7.39. The molecule has 0 saturated carbocycles. The van der Waals surface area contributed by atoms with Crippen LogP contribution in [-0.2, 0) is 13.9 Å². The van der Waals surface area contributed by atoms with E-state index in [1.807, 2.05) is 30.4 Å². The van der Waals surface area contributed by atoms with Gasteiger partial charge in [0.1, 0.15) is 5.76 Å². The smallest absolute Gasteiger partial charge is 0.343 e. The van der Waals surface area contributed by atoms with Crippen molar-refractivity contribution >= 4 is 14.3 Å². The number of hydrogen-bond acceptors (Lipinski definition) is 4. The van der Waals surface area contributed by atoms with Gasteiger partial charge in [-0.15, -0.1) is 6.58 Å². The molecule has 0 bridgehead atoms. The van der Waals surface area contributed by atoms with E-state index in [0.717, 1.165) is 13.0 Å². The number of carbonyl (C=O) groups excluding carboxylic acids is 1. The summed E-state index contributed by atoms with van der Waals surface area (Å²) in [5.74, 6) is 0.722. The molecule has 0 aromatic heterocycles. The van der Waals surface area contributed by atoms with Gasteiger partial charge in [0.25, 0.3) is 0 Å². The first kappa shape index (κ1) is 27.6. The van der Waals surface area contributed by atoms with Crippen molar-refractivity contribution in [1.29, 1.82) is 0 Å². The van der Waals surface area contributed by atoms with Crippen molar-refractivity contribution < 1.29 is 18.7 Å². The van der Waals surface area contributed by atoms with Crippen LogP contribution in [0.1, 0.15) is 78.1 Å². The van der Waals surface area contributed by atoms with E-state index in [1.54, 1.807) is 12.1 Å². The molecule has 1 aromatic rings. The molecule has 0 aliphatic carbocycles. The van der Waals surface area contributed by atoms with Gasteiger partial charge < -0.3 is 13.9 Å². The molecule has 4 nitrogen and oxygen atoms in total. The van der Waals surface area contributed by atoms with Crippen LogP contribution in [0.4, 0.5) is 0 Å². The molecule has 0 amide bonds. The Bertz CT molecular complexity index is 763. The minimum Gasteiger partial charge on any atom is -0.428 e. The Hall–Kier alpha value is -1.69. The highest BCUT2D eigenvalue weighted by Gasteiger charge is 2.45. The van der Waals surface area contributed by atoms with Crippen LogP contribution in [0.5, 0.6) is 0 Å². The topological polar surface area (TPSA) is 44.8 Å². The molecular formula is C28H44O4Si. The number of benzene rings is 1. The molecule has 3 atom stereocenters. The zero-order valence-corrected chi connectivity index (χ0v) is 22.7. The van der Waals surface area contributed by atoms with E-state index < -0.39 is 8.32 Å². The minimum absolute atomic E-state index is 0.00894. The Kier molecular flexibility index (Phi) is 10.6. The van der Waals surface area contributed by atoms with Crippen LogP contribution < -0.4 is 0 Å². The van der Waals surface area contributed by atoms with Crippen LogP contribution in [0.15, 0.2) is 54.8 Å². The van der Waals surface area contributed by atoms with E-state index in [2.05, 4.69) is 55.0 Å². The second-order valence-electron chi connectivity index (χ2n) is 10.4. The zero-order chi connectivity index (χ0) is 24.6. The summed E-state index contributed by atoms with van der Waals surface area (Å²) in [7, 11) is -1.89. The number of rotatable bonds is 12. The van der Waals surface area contributed by atoms with Crippen molar-refractivity contribution in [1.82, 2.24) is 0 Å². The molecule has 33 heavy (non-hydrogen) atoms. The van der Waals surface area contributed by atoms with E-state index >= 15 is 0 Å². The van der Waals surface area contributed by atoms with Crippen LogP contribution in [-0.4, -0.2) is 33.1 Å². The van der Waals surface area contributed by atoms with Crippen LogP contribution in [0, 0.1) is 5.92 Å². The molecule has 1 heterocycles. The first-order valence-corrected chi connectivity index (χ1v) is 14.6. The van der Waals surface area contributed by atoms with Crippen LogP contribution in [0.2, 0.25) is 16.6 Å². The standard InChI is InChI=1S/C28H44O4Si/c1-9-13-25-17-27(32-28(29)24-14-11-10-12-15-24)18-26(31-25)16-23(8)19-30-33(20(2)3,21(4)5)22(6)7/h9-12,14-15,17,20-23,25-26H,1,13,16,18-19H2,2-8H3/t23-,25+,26-/m1/s1. The van der Waals surface area contributed by atoms with Gasteiger partial charge in [-0.25, -0.2) is 4.79 Å². The lowest BCUT2D eigenvalue weighted by atomic mass is 9.98. The Morgan fingerprint density at radius 1 is 1.09 bits per heavy atom. The molecule has 0 spiro atoms. The molecule has 1 aliphatic heterocycles. The molecule has 0 N–H and O–H groups in total. The van der Waals surface area contributed by atoms with Gasteiger partial charge >= 0.3 is 5.97 Å². The van der Waals surface area contributed by atoms with E-state index in [0.29, 0.717) is 46.7 Å². The predicted octanol–water partition coefficient (Wildman–Crippen LogP) is 7.68. The van der Waals surface area contributed by atoms with Gasteiger partial charge in [0, 0.05) is 13.0 Å². The molecule has 0 saturated heterocycles. The van der Waals surface area contributed by atoms with Crippen LogP contribution in [0.25, 0.3) is 0 Å². The summed E-state index contributed by atoms with van der Waals surface area (Å²) >= 11 is 0. The van der Waals surface area contributed by atoms with Crippen LogP contribution >= 0.6 is 0 Å². The Balaban J connectivity index is 2.03. The van der Waals surface area contributed by atoms with E-state index in [9.17, 15) is 4.79 Å². The highest BCUT2D eigenvalue weighted by atomic mass is 28.4. The normalized spacial score (nSPS) is 20.1. The largest absolute Gasteiger partial charge is 0.428 e. The molecule has 0 fully saturated rings. The first-order valence-electron chi connectivity index (χ1n) is 12.5. The molecular weight excluding hydrogens is 428 g/mol. The Labute approximate surface area is 202 Å². The van der Waals surface area contributed by atoms with Gasteiger partial charge in [0.15, 0.2) is 8.32 Å². The summed E-state index contributed by atoms with van der Waals surface area (Å²) in [5, 5.41) is 0. The lowest BCUT2D eigenvalue weighted by Gasteiger charge is -2.43. The molecule has 2 rings (SSSR count). The maximum absolute atomic E-state index is 12.6. The fourth-order valence-corrected chi connectivity index (χ4v) is 11.0. The number of carbonyl (C=O) groups is 1. The van der Waals surface area contributed by atoms with Gasteiger partial charge in [-0.3, -0.25) is 0 Å². The van der Waals surface area contributed by atoms with Crippen molar-refractivity contribution in [2.75, 3.05) is 6.61 Å².